The SMILES string of the molecule is CCNC(C)c1ccc(Br)cc1N(C)CC1CCN(C)C1. The molecule has 4 heteroatoms. The second-order valence-electron chi connectivity index (χ2n) is 6.28. The molecule has 21 heavy (non-hydrogen) atoms. The maximum Gasteiger partial charge on any atom is 0.0423 e. The third-order valence-corrected chi connectivity index (χ3v) is 4.89. The van der Waals surface area contributed by atoms with Gasteiger partial charge in [-0.2, -0.15) is 0 Å². The zero-order valence-corrected chi connectivity index (χ0v) is 15.3. The summed E-state index contributed by atoms with van der Waals surface area (Å²) >= 11 is 3.62. The number of benzene rings is 1. The Morgan fingerprint density at radius 3 is 2.86 bits per heavy atom. The molecule has 0 spiro atoms. The summed E-state index contributed by atoms with van der Waals surface area (Å²) in [5, 5.41) is 3.53. The predicted molar refractivity (Wildman–Crippen MR) is 95.1 cm³/mol. The van der Waals surface area contributed by atoms with Gasteiger partial charge in [0, 0.05) is 36.3 Å². The third kappa shape index (κ3) is 4.44. The van der Waals surface area contributed by atoms with Gasteiger partial charge in [0.15, 0.2) is 0 Å². The summed E-state index contributed by atoms with van der Waals surface area (Å²) in [6.45, 7) is 8.98. The highest BCUT2D eigenvalue weighted by Gasteiger charge is 2.22. The van der Waals surface area contributed by atoms with Crippen molar-refractivity contribution < 1.29 is 0 Å². The fraction of sp³-hybridized carbons (Fsp3) is 0.647. The van der Waals surface area contributed by atoms with Gasteiger partial charge in [0.2, 0.25) is 0 Å². The molecule has 118 valence electrons. The molecule has 1 aliphatic heterocycles. The average Bonchev–Trinajstić information content (AvgIpc) is 2.84. The summed E-state index contributed by atoms with van der Waals surface area (Å²) in [6.07, 6.45) is 1.31. The van der Waals surface area contributed by atoms with Crippen molar-refractivity contribution in [3.8, 4) is 0 Å². The van der Waals surface area contributed by atoms with Crippen LogP contribution in [0.25, 0.3) is 0 Å². The molecule has 1 aromatic carbocycles. The minimum absolute atomic E-state index is 0.381. The fourth-order valence-electron chi connectivity index (χ4n) is 3.29. The van der Waals surface area contributed by atoms with Crippen molar-refractivity contribution in [3.63, 3.8) is 0 Å². The molecule has 0 amide bonds. The Bertz CT molecular complexity index is 463. The Morgan fingerprint density at radius 1 is 1.48 bits per heavy atom. The maximum absolute atomic E-state index is 3.62. The lowest BCUT2D eigenvalue weighted by Crippen LogP contribution is -2.29. The summed E-state index contributed by atoms with van der Waals surface area (Å²) in [4.78, 5) is 4.86. The molecule has 0 radical (unpaired) electrons. The van der Waals surface area contributed by atoms with E-state index < -0.39 is 0 Å². The van der Waals surface area contributed by atoms with Gasteiger partial charge in [0.25, 0.3) is 0 Å². The number of hydrogen-bond donors (Lipinski definition) is 1. The largest absolute Gasteiger partial charge is 0.374 e. The van der Waals surface area contributed by atoms with Gasteiger partial charge in [0.05, 0.1) is 0 Å². The Hall–Kier alpha value is -0.580. The number of nitrogens with one attached hydrogen (secondary N) is 1. The van der Waals surface area contributed by atoms with E-state index in [2.05, 4.69) is 77.2 Å². The number of likely N-dealkylation sites (tertiary alicyclic amines) is 1. The Kier molecular flexibility index (Phi) is 6.08. The van der Waals surface area contributed by atoms with Crippen molar-refractivity contribution in [3.05, 3.63) is 28.2 Å². The molecule has 1 aromatic rings. The molecular formula is C17H28BrN3. The molecular weight excluding hydrogens is 326 g/mol. The van der Waals surface area contributed by atoms with Crippen LogP contribution < -0.4 is 10.2 Å². The first kappa shape index (κ1) is 16.8. The highest BCUT2D eigenvalue weighted by Crippen LogP contribution is 2.30. The molecule has 1 heterocycles. The number of nitrogens with zero attached hydrogens (tertiary/aromatic N) is 2. The fourth-order valence-corrected chi connectivity index (χ4v) is 3.64. The molecule has 0 bridgehead atoms. The van der Waals surface area contributed by atoms with Gasteiger partial charge >= 0.3 is 0 Å². The van der Waals surface area contributed by atoms with E-state index in [1.807, 2.05) is 0 Å². The zero-order chi connectivity index (χ0) is 15.4. The summed E-state index contributed by atoms with van der Waals surface area (Å²) in [5.74, 6) is 0.779. The van der Waals surface area contributed by atoms with Gasteiger partial charge in [-0.25, -0.2) is 0 Å². The molecule has 2 unspecified atom stereocenters. The molecule has 1 saturated heterocycles. The summed E-state index contributed by atoms with van der Waals surface area (Å²) < 4.78 is 1.15. The lowest BCUT2D eigenvalue weighted by atomic mass is 10.0. The minimum Gasteiger partial charge on any atom is -0.374 e. The quantitative estimate of drug-likeness (QED) is 0.844. The van der Waals surface area contributed by atoms with E-state index in [4.69, 9.17) is 0 Å². The van der Waals surface area contributed by atoms with E-state index in [1.165, 1.54) is 30.8 Å². The molecule has 3 nitrogen and oxygen atoms in total. The molecule has 0 aliphatic carbocycles. The van der Waals surface area contributed by atoms with Crippen LogP contribution in [0.2, 0.25) is 0 Å². The predicted octanol–water partition coefficient (Wildman–Crippen LogP) is 3.51. The second kappa shape index (κ2) is 7.61. The summed E-state index contributed by atoms with van der Waals surface area (Å²) in [5.41, 5.74) is 2.72. The number of anilines is 1. The van der Waals surface area contributed by atoms with Crippen LogP contribution in [0.1, 0.15) is 31.9 Å². The van der Waals surface area contributed by atoms with Crippen molar-refractivity contribution in [1.29, 1.82) is 0 Å². The van der Waals surface area contributed by atoms with E-state index in [0.29, 0.717) is 6.04 Å². The average molecular weight is 354 g/mol. The van der Waals surface area contributed by atoms with Gasteiger partial charge in [0.1, 0.15) is 0 Å². The Balaban J connectivity index is 2.14. The van der Waals surface area contributed by atoms with Crippen LogP contribution in [0.4, 0.5) is 5.69 Å². The molecule has 1 N–H and O–H groups in total. The van der Waals surface area contributed by atoms with Gasteiger partial charge in [-0.05, 0) is 57.1 Å². The van der Waals surface area contributed by atoms with Crippen LogP contribution in [0.15, 0.2) is 22.7 Å². The normalized spacial score (nSPS) is 20.7. The number of rotatable bonds is 6. The van der Waals surface area contributed by atoms with Crippen LogP contribution in [0.3, 0.4) is 0 Å². The van der Waals surface area contributed by atoms with Gasteiger partial charge < -0.3 is 15.1 Å². The van der Waals surface area contributed by atoms with E-state index >= 15 is 0 Å². The molecule has 2 rings (SSSR count). The summed E-state index contributed by atoms with van der Waals surface area (Å²) in [6, 6.07) is 7.02. The second-order valence-corrected chi connectivity index (χ2v) is 7.20. The van der Waals surface area contributed by atoms with E-state index in [1.54, 1.807) is 0 Å². The highest BCUT2D eigenvalue weighted by molar-refractivity contribution is 9.10. The van der Waals surface area contributed by atoms with Crippen LogP contribution in [-0.4, -0.2) is 45.2 Å². The molecule has 1 fully saturated rings. The molecule has 0 saturated carbocycles. The zero-order valence-electron chi connectivity index (χ0n) is 13.7. The van der Waals surface area contributed by atoms with Gasteiger partial charge in [-0.15, -0.1) is 0 Å². The lowest BCUT2D eigenvalue weighted by molar-refractivity contribution is 0.395. The van der Waals surface area contributed by atoms with Crippen LogP contribution >= 0.6 is 15.9 Å². The number of hydrogen-bond acceptors (Lipinski definition) is 3. The smallest absolute Gasteiger partial charge is 0.0423 e. The topological polar surface area (TPSA) is 18.5 Å². The Morgan fingerprint density at radius 2 is 2.24 bits per heavy atom. The molecule has 0 aromatic heterocycles. The van der Waals surface area contributed by atoms with Crippen molar-refractivity contribution in [2.45, 2.75) is 26.3 Å². The van der Waals surface area contributed by atoms with E-state index in [-0.39, 0.29) is 0 Å². The molecule has 1 aliphatic rings. The summed E-state index contributed by atoms with van der Waals surface area (Å²) in [7, 11) is 4.44. The van der Waals surface area contributed by atoms with Crippen molar-refractivity contribution >= 4 is 21.6 Å². The van der Waals surface area contributed by atoms with Crippen LogP contribution in [0.5, 0.6) is 0 Å². The monoisotopic (exact) mass is 353 g/mol. The Labute approximate surface area is 137 Å². The van der Waals surface area contributed by atoms with Crippen LogP contribution in [0, 0.1) is 5.92 Å². The first-order chi connectivity index (χ1) is 10.0. The first-order valence-electron chi connectivity index (χ1n) is 7.93. The third-order valence-electron chi connectivity index (χ3n) is 4.40. The van der Waals surface area contributed by atoms with Gasteiger partial charge in [-0.3, -0.25) is 0 Å². The highest BCUT2D eigenvalue weighted by atomic mass is 79.9. The standard InChI is InChI=1S/C17H28BrN3/c1-5-19-13(2)16-7-6-15(18)10-17(16)21(4)12-14-8-9-20(3)11-14/h6-7,10,13-14,19H,5,8-9,11-12H2,1-4H3. The maximum atomic E-state index is 3.62. The van der Waals surface area contributed by atoms with Crippen molar-refractivity contribution in [2.75, 3.05) is 45.2 Å². The minimum atomic E-state index is 0.381. The lowest BCUT2D eigenvalue weighted by Gasteiger charge is -2.28. The van der Waals surface area contributed by atoms with Gasteiger partial charge in [-0.1, -0.05) is 28.9 Å². The van der Waals surface area contributed by atoms with E-state index in [0.717, 1.165) is 23.5 Å². The van der Waals surface area contributed by atoms with Crippen LogP contribution in [-0.2, 0) is 0 Å². The van der Waals surface area contributed by atoms with E-state index in [9.17, 15) is 0 Å². The van der Waals surface area contributed by atoms with Crippen molar-refractivity contribution in [1.82, 2.24) is 10.2 Å². The molecule has 2 atom stereocenters. The van der Waals surface area contributed by atoms with Crippen molar-refractivity contribution in [2.24, 2.45) is 5.92 Å². The first-order valence-corrected chi connectivity index (χ1v) is 8.73. The number of halogens is 1.